The highest BCUT2D eigenvalue weighted by atomic mass is 31.2. The first-order chi connectivity index (χ1) is 9.13. The van der Waals surface area contributed by atoms with Gasteiger partial charge in [0.2, 0.25) is 0 Å². The molecule has 0 aromatic heterocycles. The van der Waals surface area contributed by atoms with E-state index in [1.165, 1.54) is 0 Å². The fourth-order valence-corrected chi connectivity index (χ4v) is 5.27. The van der Waals surface area contributed by atoms with Crippen molar-refractivity contribution in [1.82, 2.24) is 4.67 Å². The van der Waals surface area contributed by atoms with Gasteiger partial charge in [0.25, 0.3) is 7.52 Å². The van der Waals surface area contributed by atoms with Gasteiger partial charge in [-0.05, 0) is 19.5 Å². The Morgan fingerprint density at radius 1 is 1.16 bits per heavy atom. The molecule has 0 bridgehead atoms. The minimum Gasteiger partial charge on any atom is -0.307 e. The third-order valence-electron chi connectivity index (χ3n) is 3.96. The normalized spacial score (nSPS) is 35.3. The van der Waals surface area contributed by atoms with Gasteiger partial charge in [-0.25, -0.2) is 4.67 Å². The van der Waals surface area contributed by atoms with E-state index in [2.05, 4.69) is 6.92 Å². The Morgan fingerprint density at radius 3 is 2.42 bits per heavy atom. The molecule has 1 aromatic carbocycles. The summed E-state index contributed by atoms with van der Waals surface area (Å²) in [6.07, 6.45) is 7.65. The second kappa shape index (κ2) is 4.75. The number of likely N-dealkylation sites (N-methyl/N-ethyl adjacent to an activating group) is 1. The van der Waals surface area contributed by atoms with Gasteiger partial charge < -0.3 is 4.52 Å². The number of allylic oxidation sites excluding steroid dienone is 4. The molecule has 0 saturated carbocycles. The highest BCUT2D eigenvalue weighted by Gasteiger charge is 2.49. The van der Waals surface area contributed by atoms with Crippen molar-refractivity contribution in [2.75, 3.05) is 7.05 Å². The highest BCUT2D eigenvalue weighted by molar-refractivity contribution is 7.58. The fourth-order valence-electron chi connectivity index (χ4n) is 2.68. The average Bonchev–Trinajstić information content (AvgIpc) is 3.04. The van der Waals surface area contributed by atoms with Crippen molar-refractivity contribution in [3.63, 3.8) is 0 Å². The second-order valence-electron chi connectivity index (χ2n) is 5.08. The van der Waals surface area contributed by atoms with Crippen molar-refractivity contribution in [1.29, 1.82) is 0 Å². The molecule has 0 N–H and O–H groups in total. The van der Waals surface area contributed by atoms with Crippen molar-refractivity contribution in [3.8, 4) is 0 Å². The Hall–Kier alpha value is -1.15. The maximum absolute atomic E-state index is 13.1. The number of hydrogen-bond donors (Lipinski definition) is 0. The molecule has 1 aliphatic carbocycles. The van der Waals surface area contributed by atoms with Crippen molar-refractivity contribution < 1.29 is 9.09 Å². The smallest absolute Gasteiger partial charge is 0.283 e. The van der Waals surface area contributed by atoms with E-state index in [-0.39, 0.29) is 17.8 Å². The van der Waals surface area contributed by atoms with Crippen molar-refractivity contribution in [2.24, 2.45) is 0 Å². The van der Waals surface area contributed by atoms with Crippen LogP contribution in [0.4, 0.5) is 0 Å². The van der Waals surface area contributed by atoms with E-state index in [1.807, 2.05) is 66.4 Å². The van der Waals surface area contributed by atoms with E-state index in [0.717, 1.165) is 5.56 Å². The van der Waals surface area contributed by atoms with E-state index in [1.54, 1.807) is 0 Å². The zero-order valence-corrected chi connectivity index (χ0v) is 12.0. The lowest BCUT2D eigenvalue weighted by atomic mass is 10.0. The predicted molar refractivity (Wildman–Crippen MR) is 77.2 cm³/mol. The predicted octanol–water partition coefficient (Wildman–Crippen LogP) is 3.77. The minimum absolute atomic E-state index is 0.107. The Balaban J connectivity index is 1.93. The topological polar surface area (TPSA) is 29.5 Å². The Bertz CT molecular complexity index is 555. The number of benzene rings is 1. The Morgan fingerprint density at radius 2 is 1.79 bits per heavy atom. The summed E-state index contributed by atoms with van der Waals surface area (Å²) >= 11 is 0. The summed E-state index contributed by atoms with van der Waals surface area (Å²) in [7, 11) is -0.930. The van der Waals surface area contributed by atoms with Crippen LogP contribution in [0.15, 0.2) is 54.6 Å². The quantitative estimate of drug-likeness (QED) is 0.769. The Labute approximate surface area is 114 Å². The first-order valence-electron chi connectivity index (χ1n) is 6.54. The van der Waals surface area contributed by atoms with Gasteiger partial charge in [0.15, 0.2) is 0 Å². The molecule has 100 valence electrons. The molecule has 1 aromatic rings. The van der Waals surface area contributed by atoms with Crippen LogP contribution < -0.4 is 0 Å². The molecular weight excluding hydrogens is 257 g/mol. The zero-order valence-electron chi connectivity index (χ0n) is 11.1. The van der Waals surface area contributed by atoms with Crippen LogP contribution in [0.2, 0.25) is 0 Å². The van der Waals surface area contributed by atoms with Crippen LogP contribution in [0.1, 0.15) is 18.6 Å². The lowest BCUT2D eigenvalue weighted by Crippen LogP contribution is -2.25. The first kappa shape index (κ1) is 12.9. The van der Waals surface area contributed by atoms with Crippen LogP contribution in [-0.2, 0) is 9.09 Å². The lowest BCUT2D eigenvalue weighted by Gasteiger charge is -2.23. The van der Waals surface area contributed by atoms with E-state index >= 15 is 0 Å². The van der Waals surface area contributed by atoms with Crippen molar-refractivity contribution in [2.45, 2.75) is 24.7 Å². The molecule has 0 amide bonds. The SMILES string of the molecule is C[C@H]1[C@@H](c2ccccc2)OP(=O)(C2C=CC=C2)N1C. The van der Waals surface area contributed by atoms with Crippen LogP contribution >= 0.6 is 7.52 Å². The number of rotatable bonds is 2. The summed E-state index contributed by atoms with van der Waals surface area (Å²) in [6, 6.07) is 10.1. The Kier molecular flexibility index (Phi) is 3.22. The summed E-state index contributed by atoms with van der Waals surface area (Å²) in [5.74, 6) is 0. The van der Waals surface area contributed by atoms with Crippen LogP contribution in [0.5, 0.6) is 0 Å². The maximum Gasteiger partial charge on any atom is 0.283 e. The van der Waals surface area contributed by atoms with Gasteiger partial charge in [0.1, 0.15) is 6.10 Å². The molecule has 19 heavy (non-hydrogen) atoms. The summed E-state index contributed by atoms with van der Waals surface area (Å²) in [6.45, 7) is 2.07. The molecule has 3 rings (SSSR count). The molecular formula is C15H18NO2P. The van der Waals surface area contributed by atoms with E-state index in [9.17, 15) is 4.57 Å². The highest BCUT2D eigenvalue weighted by Crippen LogP contribution is 2.66. The minimum atomic E-state index is -2.83. The molecule has 3 nitrogen and oxygen atoms in total. The summed E-state index contributed by atoms with van der Waals surface area (Å²) in [5, 5.41) is 0. The average molecular weight is 275 g/mol. The third kappa shape index (κ3) is 2.02. The summed E-state index contributed by atoms with van der Waals surface area (Å²) in [4.78, 5) is 0. The van der Waals surface area contributed by atoms with Crippen molar-refractivity contribution in [3.05, 3.63) is 60.2 Å². The third-order valence-corrected chi connectivity index (χ3v) is 6.84. The number of hydrogen-bond acceptors (Lipinski definition) is 2. The van der Waals surface area contributed by atoms with Gasteiger partial charge in [-0.2, -0.15) is 0 Å². The largest absolute Gasteiger partial charge is 0.307 e. The van der Waals surface area contributed by atoms with Gasteiger partial charge in [-0.3, -0.25) is 4.57 Å². The lowest BCUT2D eigenvalue weighted by molar-refractivity contribution is 0.210. The first-order valence-corrected chi connectivity index (χ1v) is 8.19. The van der Waals surface area contributed by atoms with Crippen LogP contribution in [0.3, 0.4) is 0 Å². The summed E-state index contributed by atoms with van der Waals surface area (Å²) < 4.78 is 21.1. The van der Waals surface area contributed by atoms with E-state index < -0.39 is 7.52 Å². The monoisotopic (exact) mass is 275 g/mol. The fraction of sp³-hybridized carbons (Fsp3) is 0.333. The zero-order chi connectivity index (χ0) is 13.5. The molecule has 3 atom stereocenters. The van der Waals surface area contributed by atoms with Gasteiger partial charge in [0.05, 0.1) is 5.66 Å². The van der Waals surface area contributed by atoms with Crippen LogP contribution in [-0.4, -0.2) is 23.4 Å². The van der Waals surface area contributed by atoms with E-state index in [4.69, 9.17) is 4.52 Å². The molecule has 1 unspecified atom stereocenters. The molecule has 1 fully saturated rings. The van der Waals surface area contributed by atoms with Crippen LogP contribution in [0, 0.1) is 0 Å². The van der Waals surface area contributed by atoms with Gasteiger partial charge in [-0.15, -0.1) is 0 Å². The molecule has 0 radical (unpaired) electrons. The molecule has 1 aliphatic heterocycles. The van der Waals surface area contributed by atoms with Gasteiger partial charge in [0, 0.05) is 6.04 Å². The standard InChI is InChI=1S/C15H18NO2P/c1-12-15(13-8-4-3-5-9-13)18-19(17,16(12)2)14-10-6-7-11-14/h3-12,14-15H,1-2H3/t12-,15-,19?/m0/s1. The summed E-state index contributed by atoms with van der Waals surface area (Å²) in [5.41, 5.74) is 0.971. The molecule has 1 heterocycles. The van der Waals surface area contributed by atoms with Crippen LogP contribution in [0.25, 0.3) is 0 Å². The molecule has 1 saturated heterocycles. The van der Waals surface area contributed by atoms with Crippen molar-refractivity contribution >= 4 is 7.52 Å². The molecule has 4 heteroatoms. The number of nitrogens with zero attached hydrogens (tertiary/aromatic N) is 1. The van der Waals surface area contributed by atoms with E-state index in [0.29, 0.717) is 0 Å². The molecule has 2 aliphatic rings. The maximum atomic E-state index is 13.1. The van der Waals surface area contributed by atoms with Gasteiger partial charge in [-0.1, -0.05) is 54.6 Å². The second-order valence-corrected chi connectivity index (χ2v) is 7.64. The molecule has 0 spiro atoms. The van der Waals surface area contributed by atoms with Gasteiger partial charge >= 0.3 is 0 Å².